The first-order valence-electron chi connectivity index (χ1n) is 15.6. The summed E-state index contributed by atoms with van der Waals surface area (Å²) in [5.74, 6) is -3.76. The molecule has 16 heteroatoms. The summed E-state index contributed by atoms with van der Waals surface area (Å²) in [6, 6.07) is -2.57. The Kier molecular flexibility index (Phi) is 16.6. The van der Waals surface area contributed by atoms with Crippen molar-refractivity contribution in [1.82, 2.24) is 16.0 Å². The first-order valence-corrected chi connectivity index (χ1v) is 15.6. The number of aliphatic hydroxyl groups is 1. The van der Waals surface area contributed by atoms with Crippen LogP contribution in [0.1, 0.15) is 93.9 Å². The zero-order valence-corrected chi connectivity index (χ0v) is 28.8. The summed E-state index contributed by atoms with van der Waals surface area (Å²) in [6.07, 6.45) is -0.505. The average molecular weight is 673 g/mol. The topological polar surface area (TPSA) is 220 Å². The highest BCUT2D eigenvalue weighted by molar-refractivity contribution is 6.01. The number of carbonyl (C=O) groups excluding carboxylic acids is 4. The Balaban J connectivity index is 3.44. The van der Waals surface area contributed by atoms with E-state index in [0.29, 0.717) is 6.42 Å². The Morgan fingerprint density at radius 3 is 1.98 bits per heavy atom. The maximum absolute atomic E-state index is 12.7. The largest absolute Gasteiger partial charge is 0.478 e. The van der Waals surface area contributed by atoms with Crippen LogP contribution in [0.3, 0.4) is 0 Å². The molecule has 47 heavy (non-hydrogen) atoms. The molecule has 1 heterocycles. The molecule has 0 spiro atoms. The lowest BCUT2D eigenvalue weighted by molar-refractivity contribution is -0.159. The van der Waals surface area contributed by atoms with Gasteiger partial charge >= 0.3 is 24.1 Å². The number of guanidine groups is 1. The fourth-order valence-electron chi connectivity index (χ4n) is 4.40. The predicted molar refractivity (Wildman–Crippen MR) is 169 cm³/mol. The number of carbonyl (C=O) groups is 5. The number of aliphatic carboxylic acids is 1. The number of ether oxygens (including phenoxy) is 5. The fourth-order valence-corrected chi connectivity index (χ4v) is 4.40. The minimum atomic E-state index is -1.53. The molecule has 0 saturated carbocycles. The van der Waals surface area contributed by atoms with Gasteiger partial charge in [-0.05, 0) is 54.0 Å². The zero-order chi connectivity index (χ0) is 35.9. The van der Waals surface area contributed by atoms with E-state index >= 15 is 0 Å². The number of esters is 1. The number of nitrogens with zero attached hydrogens (tertiary/aromatic N) is 1. The molecule has 0 aromatic heterocycles. The summed E-state index contributed by atoms with van der Waals surface area (Å²) < 4.78 is 26.9. The molecule has 0 fully saturated rings. The van der Waals surface area contributed by atoms with Crippen LogP contribution in [0.15, 0.2) is 16.8 Å². The number of rotatable bonds is 14. The van der Waals surface area contributed by atoms with Crippen molar-refractivity contribution in [3.63, 3.8) is 0 Å². The Morgan fingerprint density at radius 2 is 1.51 bits per heavy atom. The molecule has 0 aromatic carbocycles. The number of alkyl carbamates (subject to hydrolysis) is 2. The Bertz CT molecular complexity index is 1110. The SMILES string of the molecule is CCCCCCCC(=O)OC[C@@H](O)[C@@H](OC)[C@@H]1OC(C(=O)O)=C[C@H](N=C(NC(=O)OC(C)(C)C)NC(=O)OC(C)(C)C)[C@H]1NC(C)=O. The van der Waals surface area contributed by atoms with Gasteiger partial charge in [-0.25, -0.2) is 19.4 Å². The number of aliphatic hydroxyl groups excluding tert-OH is 1. The van der Waals surface area contributed by atoms with Gasteiger partial charge < -0.3 is 39.2 Å². The molecule has 268 valence electrons. The number of carboxylic acids is 1. The molecule has 0 radical (unpaired) electrons. The average Bonchev–Trinajstić information content (AvgIpc) is 2.91. The van der Waals surface area contributed by atoms with Gasteiger partial charge in [-0.3, -0.25) is 20.2 Å². The first-order chi connectivity index (χ1) is 21.8. The minimum absolute atomic E-state index is 0.156. The van der Waals surface area contributed by atoms with Crippen molar-refractivity contribution in [2.45, 2.75) is 136 Å². The van der Waals surface area contributed by atoms with Crippen LogP contribution in [0.5, 0.6) is 0 Å². The summed E-state index contributed by atoms with van der Waals surface area (Å²) >= 11 is 0. The van der Waals surface area contributed by atoms with E-state index in [4.69, 9.17) is 23.7 Å². The van der Waals surface area contributed by atoms with Crippen LogP contribution >= 0.6 is 0 Å². The highest BCUT2D eigenvalue weighted by Crippen LogP contribution is 2.26. The van der Waals surface area contributed by atoms with E-state index in [0.717, 1.165) is 31.8 Å². The molecule has 0 saturated heterocycles. The number of carboxylic acid groups (broad SMARTS) is 1. The van der Waals surface area contributed by atoms with Crippen LogP contribution in [-0.4, -0.2) is 102 Å². The van der Waals surface area contributed by atoms with Crippen LogP contribution in [0.25, 0.3) is 0 Å². The molecule has 0 unspecified atom stereocenters. The van der Waals surface area contributed by atoms with Gasteiger partial charge in [-0.1, -0.05) is 32.6 Å². The Labute approximate surface area is 276 Å². The van der Waals surface area contributed by atoms with Crippen molar-refractivity contribution in [3.8, 4) is 0 Å². The molecule has 0 bridgehead atoms. The highest BCUT2D eigenvalue weighted by Gasteiger charge is 2.45. The van der Waals surface area contributed by atoms with Gasteiger partial charge in [0.15, 0.2) is 6.10 Å². The molecule has 3 amide bonds. The van der Waals surface area contributed by atoms with Crippen LogP contribution in [-0.2, 0) is 38.1 Å². The van der Waals surface area contributed by atoms with E-state index in [1.807, 2.05) is 0 Å². The molecule has 0 aliphatic carbocycles. The van der Waals surface area contributed by atoms with E-state index in [1.165, 1.54) is 14.0 Å². The monoisotopic (exact) mass is 672 g/mol. The lowest BCUT2D eigenvalue weighted by Crippen LogP contribution is -2.60. The molecule has 5 atom stereocenters. The van der Waals surface area contributed by atoms with Crippen molar-refractivity contribution in [1.29, 1.82) is 0 Å². The third kappa shape index (κ3) is 16.5. The number of hydrogen-bond acceptors (Lipinski definition) is 12. The second-order valence-corrected chi connectivity index (χ2v) is 13.0. The molecular weight excluding hydrogens is 620 g/mol. The third-order valence-corrected chi connectivity index (χ3v) is 6.28. The lowest BCUT2D eigenvalue weighted by atomic mass is 9.92. The van der Waals surface area contributed by atoms with Crippen LogP contribution in [0.2, 0.25) is 0 Å². The Morgan fingerprint density at radius 1 is 0.957 bits per heavy atom. The first kappa shape index (κ1) is 41.1. The van der Waals surface area contributed by atoms with Crippen LogP contribution < -0.4 is 16.0 Å². The number of methoxy groups -OCH3 is 1. The standard InChI is InChI=1S/C31H52N4O12/c1-10-11-12-13-14-15-22(38)44-17-20(37)24(43-9)25-23(32-18(2)36)19(16-21(45-25)26(39)40)33-27(34-28(41)46-30(3,4)5)35-29(42)47-31(6,7)8/h16,19-20,23-25,37H,10-15,17H2,1-9H3,(H,32,36)(H,39,40)(H2,33,34,35,41,42)/t19-,20+,23+,24+,25+/m0/s1. The molecule has 1 rings (SSSR count). The summed E-state index contributed by atoms with van der Waals surface area (Å²) in [5, 5.41) is 28.1. The van der Waals surface area contributed by atoms with Crippen molar-refractivity contribution < 1.29 is 57.9 Å². The van der Waals surface area contributed by atoms with Gasteiger partial charge in [0.2, 0.25) is 17.6 Å². The number of hydrogen-bond donors (Lipinski definition) is 5. The predicted octanol–water partition coefficient (Wildman–Crippen LogP) is 2.91. The van der Waals surface area contributed by atoms with Gasteiger partial charge in [-0.15, -0.1) is 0 Å². The number of nitrogens with one attached hydrogen (secondary N) is 3. The van der Waals surface area contributed by atoms with Crippen molar-refractivity contribution in [2.24, 2.45) is 4.99 Å². The second kappa shape index (κ2) is 19.0. The number of unbranched alkanes of at least 4 members (excludes halogenated alkanes) is 4. The lowest BCUT2D eigenvalue weighted by Gasteiger charge is -2.40. The van der Waals surface area contributed by atoms with E-state index in [-0.39, 0.29) is 6.42 Å². The van der Waals surface area contributed by atoms with E-state index in [1.54, 1.807) is 41.5 Å². The molecule has 0 aromatic rings. The smallest absolute Gasteiger partial charge is 0.414 e. The second-order valence-electron chi connectivity index (χ2n) is 13.0. The summed E-state index contributed by atoms with van der Waals surface area (Å²) in [5.41, 5.74) is -1.86. The van der Waals surface area contributed by atoms with Gasteiger partial charge in [0.05, 0.1) is 12.1 Å². The molecule has 1 aliphatic heterocycles. The fraction of sp³-hybridized carbons (Fsp3) is 0.742. The quantitative estimate of drug-likeness (QED) is 0.0591. The van der Waals surface area contributed by atoms with Gasteiger partial charge in [0.25, 0.3) is 0 Å². The maximum atomic E-state index is 12.7. The van der Waals surface area contributed by atoms with Gasteiger partial charge in [-0.2, -0.15) is 0 Å². The highest BCUT2D eigenvalue weighted by atomic mass is 16.6. The summed E-state index contributed by atoms with van der Waals surface area (Å²) in [6.45, 7) is 12.4. The molecule has 5 N–H and O–H groups in total. The summed E-state index contributed by atoms with van der Waals surface area (Å²) in [4.78, 5) is 66.4. The number of amides is 3. The normalized spacial score (nSPS) is 19.1. The van der Waals surface area contributed by atoms with Crippen molar-refractivity contribution in [2.75, 3.05) is 13.7 Å². The van der Waals surface area contributed by atoms with E-state index in [2.05, 4.69) is 27.9 Å². The molecule has 16 nitrogen and oxygen atoms in total. The van der Waals surface area contributed by atoms with Gasteiger partial charge in [0.1, 0.15) is 30.0 Å². The van der Waals surface area contributed by atoms with Crippen molar-refractivity contribution in [3.05, 3.63) is 11.8 Å². The van der Waals surface area contributed by atoms with Crippen LogP contribution in [0.4, 0.5) is 9.59 Å². The third-order valence-electron chi connectivity index (χ3n) is 6.28. The molecule has 1 aliphatic rings. The van der Waals surface area contributed by atoms with Crippen molar-refractivity contribution >= 4 is 36.0 Å². The van der Waals surface area contributed by atoms with E-state index < -0.39 is 90.0 Å². The van der Waals surface area contributed by atoms with E-state index in [9.17, 15) is 34.2 Å². The zero-order valence-electron chi connectivity index (χ0n) is 28.8. The number of aliphatic imine (C=N–C) groups is 1. The Hall–Kier alpha value is -3.92. The minimum Gasteiger partial charge on any atom is -0.478 e. The summed E-state index contributed by atoms with van der Waals surface area (Å²) in [7, 11) is 1.22. The van der Waals surface area contributed by atoms with Gasteiger partial charge in [0, 0.05) is 20.5 Å². The maximum Gasteiger partial charge on any atom is 0.414 e. The van der Waals surface area contributed by atoms with Crippen LogP contribution in [0, 0.1) is 0 Å². The molecular formula is C31H52N4O12.